The van der Waals surface area contributed by atoms with E-state index in [-0.39, 0.29) is 16.4 Å². The summed E-state index contributed by atoms with van der Waals surface area (Å²) in [5.74, 6) is -0.952. The topological polar surface area (TPSA) is 185 Å². The highest BCUT2D eigenvalue weighted by atomic mass is 35.5. The van der Waals surface area contributed by atoms with Crippen LogP contribution in [0, 0.1) is 30.3 Å². The Labute approximate surface area is 148 Å². The Morgan fingerprint density at radius 3 is 1.92 bits per heavy atom. The first-order valence-electron chi connectivity index (χ1n) is 6.59. The molecule has 0 aliphatic rings. The number of nitro benzene ring substituents is 3. The van der Waals surface area contributed by atoms with Gasteiger partial charge in [-0.2, -0.15) is 0 Å². The number of nitrogen functional groups attached to an aromatic ring is 1. The van der Waals surface area contributed by atoms with Crippen LogP contribution in [0.3, 0.4) is 0 Å². The van der Waals surface area contributed by atoms with Crippen molar-refractivity contribution in [3.05, 3.63) is 71.3 Å². The third kappa shape index (κ3) is 3.64. The maximum absolute atomic E-state index is 12.3. The largest absolute Gasteiger partial charge is 0.388 e. The van der Waals surface area contributed by atoms with E-state index in [1.165, 1.54) is 0 Å². The van der Waals surface area contributed by atoms with Gasteiger partial charge in [-0.3, -0.25) is 35.1 Å². The van der Waals surface area contributed by atoms with E-state index in [4.69, 9.17) is 17.3 Å². The van der Waals surface area contributed by atoms with Gasteiger partial charge in [-0.1, -0.05) is 11.6 Å². The van der Waals surface area contributed by atoms with E-state index < -0.39 is 43.3 Å². The Bertz CT molecular complexity index is 927. The average molecular weight is 382 g/mol. The number of nitrogens with one attached hydrogen (secondary N) is 1. The lowest BCUT2D eigenvalue weighted by Crippen LogP contribution is -2.14. The normalized spacial score (nSPS) is 10.2. The molecule has 134 valence electrons. The van der Waals surface area contributed by atoms with Crippen molar-refractivity contribution in [1.29, 1.82) is 0 Å². The number of benzene rings is 2. The molecule has 0 unspecified atom stereocenters. The van der Waals surface area contributed by atoms with Gasteiger partial charge < -0.3 is 11.1 Å². The van der Waals surface area contributed by atoms with Crippen LogP contribution < -0.4 is 11.1 Å². The monoisotopic (exact) mass is 381 g/mol. The molecule has 2 aromatic rings. The fraction of sp³-hybridized carbons (Fsp3) is 0. The number of halogens is 1. The summed E-state index contributed by atoms with van der Waals surface area (Å²) in [6, 6.07) is 4.77. The number of hydrogen-bond acceptors (Lipinski definition) is 8. The third-order valence-corrected chi connectivity index (χ3v) is 3.52. The molecule has 0 spiro atoms. The van der Waals surface area contributed by atoms with Gasteiger partial charge in [0.1, 0.15) is 0 Å². The molecule has 2 aromatic carbocycles. The van der Waals surface area contributed by atoms with Gasteiger partial charge in [-0.05, 0) is 6.07 Å². The first-order chi connectivity index (χ1) is 12.1. The number of non-ortho nitro benzene ring substituents is 1. The number of hydrogen-bond donors (Lipinski definition) is 2. The van der Waals surface area contributed by atoms with Crippen LogP contribution in [0.4, 0.5) is 28.4 Å². The van der Waals surface area contributed by atoms with Crippen molar-refractivity contribution in [3.63, 3.8) is 0 Å². The molecule has 0 radical (unpaired) electrons. The fourth-order valence-electron chi connectivity index (χ4n) is 1.97. The summed E-state index contributed by atoms with van der Waals surface area (Å²) in [6.45, 7) is 0. The van der Waals surface area contributed by atoms with Crippen molar-refractivity contribution >= 4 is 45.9 Å². The summed E-state index contributed by atoms with van der Waals surface area (Å²) in [6.07, 6.45) is 0. The number of nitrogens with zero attached hydrogens (tertiary/aromatic N) is 3. The number of rotatable bonds is 5. The summed E-state index contributed by atoms with van der Waals surface area (Å²) in [5.41, 5.74) is 2.33. The maximum atomic E-state index is 12.3. The van der Waals surface area contributed by atoms with E-state index in [0.29, 0.717) is 0 Å². The number of amides is 1. The third-order valence-electron chi connectivity index (χ3n) is 3.20. The quantitative estimate of drug-likeness (QED) is 0.449. The van der Waals surface area contributed by atoms with Crippen LogP contribution in [0.1, 0.15) is 10.4 Å². The van der Waals surface area contributed by atoms with Crippen molar-refractivity contribution in [1.82, 2.24) is 0 Å². The maximum Gasteiger partial charge on any atom is 0.300 e. The SMILES string of the molecule is Nc1c([N+](=O)[O-])cc(C(=O)Nc2ccc([N+](=O)[O-])cc2Cl)cc1[N+](=O)[O-]. The number of carbonyl (C=O) groups is 1. The lowest BCUT2D eigenvalue weighted by atomic mass is 10.1. The van der Waals surface area contributed by atoms with Gasteiger partial charge in [-0.15, -0.1) is 0 Å². The summed E-state index contributed by atoms with van der Waals surface area (Å²) in [5, 5.41) is 34.7. The molecule has 0 aliphatic carbocycles. The van der Waals surface area contributed by atoms with Crippen LogP contribution in [0.15, 0.2) is 30.3 Å². The standard InChI is InChI=1S/C13H8ClN5O7/c14-8-5-7(17(21)22)1-2-9(8)16-13(20)6-3-10(18(23)24)12(15)11(4-6)19(25)26/h1-5H,15H2,(H,16,20). The first kappa shape index (κ1) is 18.5. The highest BCUT2D eigenvalue weighted by Crippen LogP contribution is 2.33. The van der Waals surface area contributed by atoms with E-state index >= 15 is 0 Å². The number of carbonyl (C=O) groups excluding carboxylic acids is 1. The first-order valence-corrected chi connectivity index (χ1v) is 6.97. The predicted molar refractivity (Wildman–Crippen MR) is 90.2 cm³/mol. The molecule has 0 fully saturated rings. The molecule has 0 heterocycles. The number of nitrogens with two attached hydrogens (primary N) is 1. The summed E-state index contributed by atoms with van der Waals surface area (Å²) < 4.78 is 0. The Morgan fingerprint density at radius 1 is 0.962 bits per heavy atom. The lowest BCUT2D eigenvalue weighted by molar-refractivity contribution is -0.392. The Kier molecular flexibility index (Phi) is 4.98. The summed E-state index contributed by atoms with van der Waals surface area (Å²) in [4.78, 5) is 42.3. The van der Waals surface area contributed by atoms with E-state index in [1.54, 1.807) is 0 Å². The molecule has 3 N–H and O–H groups in total. The molecule has 2 rings (SSSR count). The molecule has 0 aliphatic heterocycles. The van der Waals surface area contributed by atoms with E-state index in [2.05, 4.69) is 5.32 Å². The van der Waals surface area contributed by atoms with Crippen LogP contribution in [0.5, 0.6) is 0 Å². The molecule has 26 heavy (non-hydrogen) atoms. The molecule has 0 atom stereocenters. The molecule has 0 bridgehead atoms. The zero-order valence-electron chi connectivity index (χ0n) is 12.5. The van der Waals surface area contributed by atoms with E-state index in [1.807, 2.05) is 0 Å². The Balaban J connectivity index is 2.43. The Hall–Kier alpha value is -3.80. The van der Waals surface area contributed by atoms with Crippen LogP contribution in [-0.4, -0.2) is 20.7 Å². The van der Waals surface area contributed by atoms with Gasteiger partial charge in [0.25, 0.3) is 23.0 Å². The number of anilines is 2. The van der Waals surface area contributed by atoms with Crippen molar-refractivity contribution in [2.45, 2.75) is 0 Å². The van der Waals surface area contributed by atoms with Gasteiger partial charge in [0, 0.05) is 24.3 Å². The molecule has 0 saturated heterocycles. The zero-order valence-corrected chi connectivity index (χ0v) is 13.3. The second-order valence-corrected chi connectivity index (χ2v) is 5.22. The molecule has 12 nitrogen and oxygen atoms in total. The predicted octanol–water partition coefficient (Wildman–Crippen LogP) is 2.90. The van der Waals surface area contributed by atoms with Crippen LogP contribution in [0.2, 0.25) is 5.02 Å². The van der Waals surface area contributed by atoms with Crippen LogP contribution in [0.25, 0.3) is 0 Å². The van der Waals surface area contributed by atoms with E-state index in [0.717, 1.165) is 30.3 Å². The van der Waals surface area contributed by atoms with Crippen LogP contribution >= 0.6 is 11.6 Å². The van der Waals surface area contributed by atoms with Gasteiger partial charge in [0.2, 0.25) is 0 Å². The van der Waals surface area contributed by atoms with Crippen LogP contribution in [-0.2, 0) is 0 Å². The minimum atomic E-state index is -0.960. The van der Waals surface area contributed by atoms with Crippen molar-refractivity contribution < 1.29 is 19.6 Å². The Morgan fingerprint density at radius 2 is 1.50 bits per heavy atom. The smallest absolute Gasteiger partial charge is 0.300 e. The molecule has 0 saturated carbocycles. The molecule has 13 heteroatoms. The van der Waals surface area contributed by atoms with Gasteiger partial charge >= 0.3 is 0 Å². The fourth-order valence-corrected chi connectivity index (χ4v) is 2.19. The molecule has 1 amide bonds. The van der Waals surface area contributed by atoms with Crippen molar-refractivity contribution in [2.75, 3.05) is 11.1 Å². The van der Waals surface area contributed by atoms with Crippen molar-refractivity contribution in [2.24, 2.45) is 0 Å². The number of nitro groups is 3. The second-order valence-electron chi connectivity index (χ2n) is 4.82. The second kappa shape index (κ2) is 6.98. The van der Waals surface area contributed by atoms with E-state index in [9.17, 15) is 35.1 Å². The highest BCUT2D eigenvalue weighted by Gasteiger charge is 2.26. The average Bonchev–Trinajstić information content (AvgIpc) is 2.55. The lowest BCUT2D eigenvalue weighted by Gasteiger charge is -2.08. The molecular weight excluding hydrogens is 374 g/mol. The molecular formula is C13H8ClN5O7. The van der Waals surface area contributed by atoms with Gasteiger partial charge in [0.05, 0.1) is 31.0 Å². The summed E-state index contributed by atoms with van der Waals surface area (Å²) >= 11 is 5.84. The zero-order chi connectivity index (χ0) is 19.6. The molecule has 0 aromatic heterocycles. The minimum absolute atomic E-state index is 0.0237. The van der Waals surface area contributed by atoms with Crippen molar-refractivity contribution in [3.8, 4) is 0 Å². The summed E-state index contributed by atoms with van der Waals surface area (Å²) in [7, 11) is 0. The van der Waals surface area contributed by atoms with Gasteiger partial charge in [-0.25, -0.2) is 0 Å². The highest BCUT2D eigenvalue weighted by molar-refractivity contribution is 6.34. The minimum Gasteiger partial charge on any atom is -0.388 e. The van der Waals surface area contributed by atoms with Gasteiger partial charge in [0.15, 0.2) is 5.69 Å².